The SMILES string of the molecule is CCc1c(N)nc(CSc2ccccc2)[nH]c1=O. The molecule has 0 amide bonds. The van der Waals surface area contributed by atoms with E-state index in [1.54, 1.807) is 11.8 Å². The second-order valence-corrected chi connectivity index (χ2v) is 4.88. The molecule has 1 heterocycles. The molecule has 0 spiro atoms. The summed E-state index contributed by atoms with van der Waals surface area (Å²) in [7, 11) is 0. The summed E-state index contributed by atoms with van der Waals surface area (Å²) in [6.07, 6.45) is 0.597. The molecule has 0 saturated carbocycles. The van der Waals surface area contributed by atoms with E-state index >= 15 is 0 Å². The molecular weight excluding hydrogens is 246 g/mol. The third-order valence-electron chi connectivity index (χ3n) is 2.57. The van der Waals surface area contributed by atoms with Gasteiger partial charge < -0.3 is 10.7 Å². The average molecular weight is 261 g/mol. The van der Waals surface area contributed by atoms with Crippen molar-refractivity contribution < 1.29 is 0 Å². The Morgan fingerprint density at radius 3 is 2.67 bits per heavy atom. The Kier molecular flexibility index (Phi) is 4.04. The molecule has 4 nitrogen and oxygen atoms in total. The van der Waals surface area contributed by atoms with E-state index in [0.717, 1.165) is 4.90 Å². The van der Waals surface area contributed by atoms with E-state index in [2.05, 4.69) is 9.97 Å². The third kappa shape index (κ3) is 2.92. The molecule has 94 valence electrons. The monoisotopic (exact) mass is 261 g/mol. The van der Waals surface area contributed by atoms with Gasteiger partial charge in [0, 0.05) is 4.90 Å². The lowest BCUT2D eigenvalue weighted by atomic mass is 10.2. The van der Waals surface area contributed by atoms with Crippen LogP contribution in [-0.4, -0.2) is 9.97 Å². The molecule has 2 rings (SSSR count). The highest BCUT2D eigenvalue weighted by atomic mass is 32.2. The molecule has 0 aliphatic rings. The number of nitrogen functional groups attached to an aromatic ring is 1. The molecule has 3 N–H and O–H groups in total. The largest absolute Gasteiger partial charge is 0.383 e. The fourth-order valence-electron chi connectivity index (χ4n) is 1.64. The molecule has 0 bridgehead atoms. The molecule has 5 heteroatoms. The van der Waals surface area contributed by atoms with Crippen LogP contribution in [0.5, 0.6) is 0 Å². The van der Waals surface area contributed by atoms with Crippen LogP contribution in [0.3, 0.4) is 0 Å². The van der Waals surface area contributed by atoms with Crippen molar-refractivity contribution in [3.8, 4) is 0 Å². The van der Waals surface area contributed by atoms with Crippen LogP contribution in [0.25, 0.3) is 0 Å². The maximum Gasteiger partial charge on any atom is 0.256 e. The van der Waals surface area contributed by atoms with Crippen molar-refractivity contribution in [1.82, 2.24) is 9.97 Å². The molecule has 2 aromatic rings. The van der Waals surface area contributed by atoms with Gasteiger partial charge in [0.15, 0.2) is 0 Å². The van der Waals surface area contributed by atoms with Gasteiger partial charge in [-0.25, -0.2) is 4.98 Å². The van der Waals surface area contributed by atoms with Crippen LogP contribution in [0.1, 0.15) is 18.3 Å². The van der Waals surface area contributed by atoms with E-state index in [4.69, 9.17) is 5.73 Å². The zero-order valence-corrected chi connectivity index (χ0v) is 11.0. The van der Waals surface area contributed by atoms with Crippen molar-refractivity contribution in [1.29, 1.82) is 0 Å². The number of nitrogens with two attached hydrogens (primary N) is 1. The standard InChI is InChI=1S/C13H15N3OS/c1-2-10-12(14)15-11(16-13(10)17)8-18-9-6-4-3-5-7-9/h3-7H,2,8H2,1H3,(H3,14,15,16,17). The molecular formula is C13H15N3OS. The smallest absolute Gasteiger partial charge is 0.256 e. The molecule has 1 aromatic carbocycles. The summed E-state index contributed by atoms with van der Waals surface area (Å²) in [5, 5.41) is 0. The maximum absolute atomic E-state index is 11.7. The van der Waals surface area contributed by atoms with Gasteiger partial charge in [0.1, 0.15) is 11.6 Å². The van der Waals surface area contributed by atoms with E-state index in [1.165, 1.54) is 0 Å². The summed E-state index contributed by atoms with van der Waals surface area (Å²) in [6.45, 7) is 1.89. The van der Waals surface area contributed by atoms with Crippen LogP contribution >= 0.6 is 11.8 Å². The average Bonchev–Trinajstić information content (AvgIpc) is 2.37. The fraction of sp³-hybridized carbons (Fsp3) is 0.231. The second-order valence-electron chi connectivity index (χ2n) is 3.83. The number of nitrogens with one attached hydrogen (secondary N) is 1. The highest BCUT2D eigenvalue weighted by Crippen LogP contribution is 2.20. The highest BCUT2D eigenvalue weighted by molar-refractivity contribution is 7.98. The molecule has 0 saturated heterocycles. The van der Waals surface area contributed by atoms with E-state index in [1.807, 2.05) is 37.3 Å². The van der Waals surface area contributed by atoms with Crippen LogP contribution in [0.15, 0.2) is 40.0 Å². The number of thioether (sulfide) groups is 1. The molecule has 0 unspecified atom stereocenters. The number of aromatic amines is 1. The molecule has 0 atom stereocenters. The van der Waals surface area contributed by atoms with E-state index < -0.39 is 0 Å². The molecule has 0 aliphatic carbocycles. The van der Waals surface area contributed by atoms with E-state index in [-0.39, 0.29) is 5.56 Å². The topological polar surface area (TPSA) is 71.8 Å². The Bertz CT molecular complexity index is 581. The number of aromatic nitrogens is 2. The highest BCUT2D eigenvalue weighted by Gasteiger charge is 2.07. The minimum atomic E-state index is -0.131. The van der Waals surface area contributed by atoms with Crippen LogP contribution < -0.4 is 11.3 Å². The molecule has 0 fully saturated rings. The first-order valence-corrected chi connectivity index (χ1v) is 6.74. The minimum absolute atomic E-state index is 0.131. The summed E-state index contributed by atoms with van der Waals surface area (Å²) in [5.41, 5.74) is 6.19. The fourth-order valence-corrected chi connectivity index (χ4v) is 2.43. The minimum Gasteiger partial charge on any atom is -0.383 e. The normalized spacial score (nSPS) is 10.5. The van der Waals surface area contributed by atoms with Crippen molar-refractivity contribution in [2.45, 2.75) is 24.0 Å². The van der Waals surface area contributed by atoms with Crippen molar-refractivity contribution in [3.63, 3.8) is 0 Å². The van der Waals surface area contributed by atoms with Gasteiger partial charge in [0.25, 0.3) is 5.56 Å². The van der Waals surface area contributed by atoms with Gasteiger partial charge in [0.05, 0.1) is 11.3 Å². The van der Waals surface area contributed by atoms with Gasteiger partial charge in [-0.15, -0.1) is 11.8 Å². The summed E-state index contributed by atoms with van der Waals surface area (Å²) in [6, 6.07) is 9.97. The lowest BCUT2D eigenvalue weighted by Gasteiger charge is -2.05. The van der Waals surface area contributed by atoms with Gasteiger partial charge in [-0.05, 0) is 18.6 Å². The number of benzene rings is 1. The first-order chi connectivity index (χ1) is 8.70. The number of H-pyrrole nitrogens is 1. The second kappa shape index (κ2) is 5.73. The Labute approximate surface area is 110 Å². The zero-order chi connectivity index (χ0) is 13.0. The quantitative estimate of drug-likeness (QED) is 0.828. The van der Waals surface area contributed by atoms with Crippen molar-refractivity contribution in [3.05, 3.63) is 52.1 Å². The molecule has 18 heavy (non-hydrogen) atoms. The number of hydrogen-bond donors (Lipinski definition) is 2. The maximum atomic E-state index is 11.7. The van der Waals surface area contributed by atoms with Gasteiger partial charge in [0.2, 0.25) is 0 Å². The zero-order valence-electron chi connectivity index (χ0n) is 10.1. The summed E-state index contributed by atoms with van der Waals surface area (Å²) < 4.78 is 0. The van der Waals surface area contributed by atoms with Crippen LogP contribution in [0.4, 0.5) is 5.82 Å². The predicted molar refractivity (Wildman–Crippen MR) is 74.7 cm³/mol. The van der Waals surface area contributed by atoms with Crippen LogP contribution in [-0.2, 0) is 12.2 Å². The van der Waals surface area contributed by atoms with Crippen LogP contribution in [0.2, 0.25) is 0 Å². The molecule has 1 aromatic heterocycles. The Hall–Kier alpha value is -1.75. The van der Waals surface area contributed by atoms with Gasteiger partial charge in [-0.2, -0.15) is 0 Å². The van der Waals surface area contributed by atoms with E-state index in [0.29, 0.717) is 29.4 Å². The van der Waals surface area contributed by atoms with Gasteiger partial charge in [-0.1, -0.05) is 25.1 Å². The lowest BCUT2D eigenvalue weighted by Crippen LogP contribution is -2.18. The summed E-state index contributed by atoms with van der Waals surface area (Å²) in [4.78, 5) is 19.8. The number of hydrogen-bond acceptors (Lipinski definition) is 4. The number of rotatable bonds is 4. The van der Waals surface area contributed by atoms with Gasteiger partial charge in [-0.3, -0.25) is 4.79 Å². The Morgan fingerprint density at radius 2 is 2.06 bits per heavy atom. The third-order valence-corrected chi connectivity index (χ3v) is 3.59. The van der Waals surface area contributed by atoms with E-state index in [9.17, 15) is 4.79 Å². The summed E-state index contributed by atoms with van der Waals surface area (Å²) in [5.74, 6) is 1.56. The van der Waals surface area contributed by atoms with Crippen molar-refractivity contribution in [2.24, 2.45) is 0 Å². The predicted octanol–water partition coefficient (Wildman–Crippen LogP) is 2.21. The Morgan fingerprint density at radius 1 is 1.33 bits per heavy atom. The molecule has 0 radical (unpaired) electrons. The number of nitrogens with zero attached hydrogens (tertiary/aromatic N) is 1. The Balaban J connectivity index is 2.14. The van der Waals surface area contributed by atoms with Gasteiger partial charge >= 0.3 is 0 Å². The van der Waals surface area contributed by atoms with Crippen LogP contribution in [0, 0.1) is 0 Å². The van der Waals surface area contributed by atoms with Crippen molar-refractivity contribution >= 4 is 17.6 Å². The van der Waals surface area contributed by atoms with Crippen molar-refractivity contribution in [2.75, 3.05) is 5.73 Å². The molecule has 0 aliphatic heterocycles. The first-order valence-electron chi connectivity index (χ1n) is 5.76. The lowest BCUT2D eigenvalue weighted by molar-refractivity contribution is 0.953. The number of anilines is 1. The first kappa shape index (κ1) is 12.7. The summed E-state index contributed by atoms with van der Waals surface area (Å²) >= 11 is 1.62.